The molecule has 5 nitrogen and oxygen atoms in total. The summed E-state index contributed by atoms with van der Waals surface area (Å²) in [5.41, 5.74) is 0. The molecule has 0 bridgehead atoms. The van der Waals surface area contributed by atoms with Crippen LogP contribution in [0.2, 0.25) is 0 Å². The van der Waals surface area contributed by atoms with E-state index >= 15 is 0 Å². The third-order valence-corrected chi connectivity index (χ3v) is 3.37. The molecule has 2 rings (SSSR count). The summed E-state index contributed by atoms with van der Waals surface area (Å²) in [4.78, 5) is 11.0. The Labute approximate surface area is 115 Å². The van der Waals surface area contributed by atoms with Crippen LogP contribution in [-0.2, 0) is 0 Å². The van der Waals surface area contributed by atoms with Crippen LogP contribution in [0.15, 0.2) is 12.4 Å². The van der Waals surface area contributed by atoms with Crippen molar-refractivity contribution in [3.05, 3.63) is 12.4 Å². The predicted molar refractivity (Wildman–Crippen MR) is 79.7 cm³/mol. The van der Waals surface area contributed by atoms with Crippen molar-refractivity contribution in [3.63, 3.8) is 0 Å². The molecule has 0 aliphatic carbocycles. The largest absolute Gasteiger partial charge is 0.370 e. The van der Waals surface area contributed by atoms with Crippen LogP contribution in [0.3, 0.4) is 0 Å². The predicted octanol–water partition coefficient (Wildman–Crippen LogP) is 1.73. The van der Waals surface area contributed by atoms with Gasteiger partial charge in [-0.15, -0.1) is 0 Å². The van der Waals surface area contributed by atoms with E-state index < -0.39 is 0 Å². The molecule has 106 valence electrons. The van der Waals surface area contributed by atoms with Crippen molar-refractivity contribution in [3.8, 4) is 0 Å². The Morgan fingerprint density at radius 2 is 2.32 bits per heavy atom. The molecule has 0 aromatic carbocycles. The molecule has 0 amide bonds. The molecule has 5 heteroatoms. The maximum Gasteiger partial charge on any atom is 0.134 e. The van der Waals surface area contributed by atoms with Crippen LogP contribution in [0.1, 0.15) is 27.2 Å². The summed E-state index contributed by atoms with van der Waals surface area (Å²) in [6.45, 7) is 10.7. The topological polar surface area (TPSA) is 53.1 Å². The monoisotopic (exact) mass is 263 g/mol. The van der Waals surface area contributed by atoms with E-state index in [1.165, 1.54) is 0 Å². The average Bonchev–Trinajstić information content (AvgIpc) is 2.39. The lowest BCUT2D eigenvalue weighted by atomic mass is 10.1. The van der Waals surface area contributed by atoms with E-state index in [0.29, 0.717) is 12.0 Å². The van der Waals surface area contributed by atoms with Crippen molar-refractivity contribution < 1.29 is 0 Å². The normalized spacial score (nSPS) is 19.8. The van der Waals surface area contributed by atoms with Gasteiger partial charge in [0.1, 0.15) is 18.0 Å². The lowest BCUT2D eigenvalue weighted by Crippen LogP contribution is -2.49. The van der Waals surface area contributed by atoms with Crippen molar-refractivity contribution in [2.45, 2.75) is 33.2 Å². The van der Waals surface area contributed by atoms with Crippen molar-refractivity contribution in [2.75, 3.05) is 36.4 Å². The van der Waals surface area contributed by atoms with E-state index in [2.05, 4.69) is 52.3 Å². The fourth-order valence-electron chi connectivity index (χ4n) is 2.25. The van der Waals surface area contributed by atoms with E-state index in [0.717, 1.165) is 44.2 Å². The summed E-state index contributed by atoms with van der Waals surface area (Å²) in [7, 11) is 0. The molecule has 1 fully saturated rings. The standard InChI is InChI=1S/C14H25N5/c1-11(2)4-5-16-13-8-14(18-10-17-13)19-7-6-15-12(3)9-19/h8,10-12,15H,4-7,9H2,1-3H3,(H,16,17,18). The van der Waals surface area contributed by atoms with Gasteiger partial charge >= 0.3 is 0 Å². The molecule has 1 aliphatic rings. The van der Waals surface area contributed by atoms with Crippen molar-refractivity contribution in [1.82, 2.24) is 15.3 Å². The SMILES string of the molecule is CC(C)CCNc1cc(N2CCNC(C)C2)ncn1. The zero-order valence-corrected chi connectivity index (χ0v) is 12.2. The highest BCUT2D eigenvalue weighted by Crippen LogP contribution is 2.16. The van der Waals surface area contributed by atoms with Crippen LogP contribution in [0, 0.1) is 5.92 Å². The summed E-state index contributed by atoms with van der Waals surface area (Å²) < 4.78 is 0. The Kier molecular flexibility index (Phi) is 4.96. The lowest BCUT2D eigenvalue weighted by Gasteiger charge is -2.32. The van der Waals surface area contributed by atoms with Crippen LogP contribution in [0.4, 0.5) is 11.6 Å². The fraction of sp³-hybridized carbons (Fsp3) is 0.714. The van der Waals surface area contributed by atoms with Crippen LogP contribution in [0.25, 0.3) is 0 Å². The maximum absolute atomic E-state index is 4.39. The van der Waals surface area contributed by atoms with Crippen LogP contribution in [0.5, 0.6) is 0 Å². The summed E-state index contributed by atoms with van der Waals surface area (Å²) in [5.74, 6) is 2.66. The minimum absolute atomic E-state index is 0.515. The van der Waals surface area contributed by atoms with Gasteiger partial charge in [-0.05, 0) is 19.3 Å². The molecular formula is C14H25N5. The molecule has 1 unspecified atom stereocenters. The van der Waals surface area contributed by atoms with Gasteiger partial charge in [-0.1, -0.05) is 13.8 Å². The molecule has 1 aromatic rings. The minimum atomic E-state index is 0.515. The highest BCUT2D eigenvalue weighted by Gasteiger charge is 2.17. The Balaban J connectivity index is 1.94. The first-order valence-electron chi connectivity index (χ1n) is 7.19. The van der Waals surface area contributed by atoms with Crippen LogP contribution in [-0.4, -0.2) is 42.2 Å². The van der Waals surface area contributed by atoms with Gasteiger partial charge in [-0.25, -0.2) is 9.97 Å². The van der Waals surface area contributed by atoms with Crippen molar-refractivity contribution in [1.29, 1.82) is 0 Å². The highest BCUT2D eigenvalue weighted by atomic mass is 15.2. The second kappa shape index (κ2) is 6.70. The minimum Gasteiger partial charge on any atom is -0.370 e. The van der Waals surface area contributed by atoms with E-state index in [-0.39, 0.29) is 0 Å². The lowest BCUT2D eigenvalue weighted by molar-refractivity contribution is 0.482. The second-order valence-electron chi connectivity index (χ2n) is 5.67. The Morgan fingerprint density at radius 1 is 1.47 bits per heavy atom. The molecule has 2 heterocycles. The summed E-state index contributed by atoms with van der Waals surface area (Å²) in [6, 6.07) is 2.57. The van der Waals surface area contributed by atoms with E-state index in [4.69, 9.17) is 0 Å². The number of hydrogen-bond acceptors (Lipinski definition) is 5. The number of nitrogens with one attached hydrogen (secondary N) is 2. The molecule has 1 aromatic heterocycles. The zero-order chi connectivity index (χ0) is 13.7. The number of piperazine rings is 1. The van der Waals surface area contributed by atoms with Crippen molar-refractivity contribution >= 4 is 11.6 Å². The van der Waals surface area contributed by atoms with E-state index in [1.807, 2.05) is 0 Å². The van der Waals surface area contributed by atoms with Gasteiger partial charge in [-0.2, -0.15) is 0 Å². The molecular weight excluding hydrogens is 238 g/mol. The third kappa shape index (κ3) is 4.35. The van der Waals surface area contributed by atoms with Gasteiger partial charge in [-0.3, -0.25) is 0 Å². The Hall–Kier alpha value is -1.36. The first kappa shape index (κ1) is 14.1. The summed E-state index contributed by atoms with van der Waals surface area (Å²) in [5, 5.41) is 6.82. The smallest absolute Gasteiger partial charge is 0.134 e. The molecule has 0 radical (unpaired) electrons. The quantitative estimate of drug-likeness (QED) is 0.847. The molecule has 19 heavy (non-hydrogen) atoms. The van der Waals surface area contributed by atoms with Crippen molar-refractivity contribution in [2.24, 2.45) is 5.92 Å². The molecule has 1 saturated heterocycles. The molecule has 0 saturated carbocycles. The molecule has 1 atom stereocenters. The fourth-order valence-corrected chi connectivity index (χ4v) is 2.25. The highest BCUT2D eigenvalue weighted by molar-refractivity contribution is 5.48. The number of anilines is 2. The first-order valence-corrected chi connectivity index (χ1v) is 7.19. The Bertz CT molecular complexity index is 393. The molecule has 2 N–H and O–H groups in total. The maximum atomic E-state index is 4.39. The second-order valence-corrected chi connectivity index (χ2v) is 5.67. The third-order valence-electron chi connectivity index (χ3n) is 3.37. The summed E-state index contributed by atoms with van der Waals surface area (Å²) in [6.07, 6.45) is 2.81. The van der Waals surface area contributed by atoms with E-state index in [9.17, 15) is 0 Å². The zero-order valence-electron chi connectivity index (χ0n) is 12.2. The van der Waals surface area contributed by atoms with Gasteiger partial charge in [0.2, 0.25) is 0 Å². The molecule has 1 aliphatic heterocycles. The average molecular weight is 263 g/mol. The Morgan fingerprint density at radius 3 is 3.05 bits per heavy atom. The first-order chi connectivity index (χ1) is 9.15. The van der Waals surface area contributed by atoms with Gasteiger partial charge in [0.25, 0.3) is 0 Å². The number of rotatable bonds is 5. The van der Waals surface area contributed by atoms with Gasteiger partial charge in [0, 0.05) is 38.3 Å². The van der Waals surface area contributed by atoms with Gasteiger partial charge in [0.15, 0.2) is 0 Å². The summed E-state index contributed by atoms with van der Waals surface area (Å²) >= 11 is 0. The van der Waals surface area contributed by atoms with E-state index in [1.54, 1.807) is 6.33 Å². The van der Waals surface area contributed by atoms with Gasteiger partial charge in [0.05, 0.1) is 0 Å². The van der Waals surface area contributed by atoms with Gasteiger partial charge < -0.3 is 15.5 Å². The number of nitrogens with zero attached hydrogens (tertiary/aromatic N) is 3. The molecule has 0 spiro atoms. The number of aromatic nitrogens is 2. The number of hydrogen-bond donors (Lipinski definition) is 2. The van der Waals surface area contributed by atoms with Crippen LogP contribution >= 0.6 is 0 Å². The van der Waals surface area contributed by atoms with Crippen LogP contribution < -0.4 is 15.5 Å².